The second-order valence-electron chi connectivity index (χ2n) is 5.84. The van der Waals surface area contributed by atoms with Gasteiger partial charge in [0.05, 0.1) is 17.0 Å². The zero-order chi connectivity index (χ0) is 20.6. The van der Waals surface area contributed by atoms with Crippen LogP contribution in [0.25, 0.3) is 0 Å². The van der Waals surface area contributed by atoms with E-state index in [1.54, 1.807) is 19.1 Å². The minimum absolute atomic E-state index is 0.0240. The van der Waals surface area contributed by atoms with Crippen LogP contribution in [0, 0.1) is 19.3 Å². The molecule has 0 atom stereocenters. The molecule has 0 radical (unpaired) electrons. The number of nitrogens with one attached hydrogen (secondary N) is 2. The van der Waals surface area contributed by atoms with E-state index in [0.717, 1.165) is 5.56 Å². The molecule has 2 rings (SSSR count). The number of rotatable bonds is 8. The minimum Gasteiger partial charge on any atom is -0.452 e. The van der Waals surface area contributed by atoms with Gasteiger partial charge in [0.15, 0.2) is 6.61 Å². The summed E-state index contributed by atoms with van der Waals surface area (Å²) in [6, 6.07) is 13.2. The Morgan fingerprint density at radius 1 is 1.14 bits per heavy atom. The normalized spacial score (nSPS) is 10.7. The Labute approximate surface area is 164 Å². The molecule has 0 spiro atoms. The number of hydrogen-bond donors (Lipinski definition) is 2. The molecular weight excluding hydrogens is 380 g/mol. The lowest BCUT2D eigenvalue weighted by molar-refractivity contribution is -0.123. The first-order valence-electron chi connectivity index (χ1n) is 8.35. The third-order valence-electron chi connectivity index (χ3n) is 3.77. The maximum Gasteiger partial charge on any atom is 0.338 e. The van der Waals surface area contributed by atoms with Crippen molar-refractivity contribution in [2.75, 3.05) is 13.2 Å². The highest BCUT2D eigenvalue weighted by atomic mass is 32.2. The summed E-state index contributed by atoms with van der Waals surface area (Å²) in [5, 5.41) is 2.36. The van der Waals surface area contributed by atoms with Crippen LogP contribution in [0.5, 0.6) is 0 Å². The molecule has 28 heavy (non-hydrogen) atoms. The Morgan fingerprint density at radius 2 is 1.86 bits per heavy atom. The lowest BCUT2D eigenvalue weighted by Crippen LogP contribution is -2.29. The molecule has 146 valence electrons. The first kappa shape index (κ1) is 21.2. The van der Waals surface area contributed by atoms with E-state index in [1.807, 2.05) is 18.2 Å². The van der Waals surface area contributed by atoms with E-state index < -0.39 is 28.5 Å². The number of amides is 1. The molecule has 1 amide bonds. The number of ether oxygens (including phenoxy) is 1. The second-order valence-corrected chi connectivity index (χ2v) is 7.61. The van der Waals surface area contributed by atoms with E-state index in [0.29, 0.717) is 5.56 Å². The summed E-state index contributed by atoms with van der Waals surface area (Å²) < 4.78 is 32.5. The number of terminal acetylenes is 1. The van der Waals surface area contributed by atoms with Crippen LogP contribution in [0.4, 0.5) is 0 Å². The van der Waals surface area contributed by atoms with Crippen molar-refractivity contribution in [2.24, 2.45) is 0 Å². The Kier molecular flexibility index (Phi) is 7.32. The van der Waals surface area contributed by atoms with Gasteiger partial charge >= 0.3 is 5.97 Å². The van der Waals surface area contributed by atoms with E-state index in [-0.39, 0.29) is 23.5 Å². The van der Waals surface area contributed by atoms with Gasteiger partial charge in [-0.2, -0.15) is 0 Å². The number of aryl methyl sites for hydroxylation is 1. The molecule has 0 fully saturated rings. The van der Waals surface area contributed by atoms with Gasteiger partial charge in [0, 0.05) is 6.54 Å². The van der Waals surface area contributed by atoms with Crippen molar-refractivity contribution in [1.82, 2.24) is 10.0 Å². The summed E-state index contributed by atoms with van der Waals surface area (Å²) in [7, 11) is -3.83. The largest absolute Gasteiger partial charge is 0.452 e. The third-order valence-corrected chi connectivity index (χ3v) is 5.17. The van der Waals surface area contributed by atoms with E-state index in [1.165, 1.54) is 18.2 Å². The number of hydrogen-bond acceptors (Lipinski definition) is 5. The quantitative estimate of drug-likeness (QED) is 0.515. The van der Waals surface area contributed by atoms with Crippen LogP contribution in [0.2, 0.25) is 0 Å². The average molecular weight is 400 g/mol. The maximum absolute atomic E-state index is 12.5. The van der Waals surface area contributed by atoms with Gasteiger partial charge in [0.1, 0.15) is 0 Å². The molecule has 0 bridgehead atoms. The van der Waals surface area contributed by atoms with Gasteiger partial charge < -0.3 is 10.1 Å². The lowest BCUT2D eigenvalue weighted by Gasteiger charge is -2.11. The third kappa shape index (κ3) is 5.94. The van der Waals surface area contributed by atoms with Crippen LogP contribution in [0.3, 0.4) is 0 Å². The summed E-state index contributed by atoms with van der Waals surface area (Å²) in [5.74, 6) is 0.887. The minimum atomic E-state index is -3.83. The zero-order valence-electron chi connectivity index (χ0n) is 15.3. The molecule has 0 saturated carbocycles. The van der Waals surface area contributed by atoms with Crippen molar-refractivity contribution < 1.29 is 22.7 Å². The Morgan fingerprint density at radius 3 is 2.54 bits per heavy atom. The molecule has 0 aliphatic carbocycles. The molecule has 2 aromatic rings. The fraction of sp³-hybridized carbons (Fsp3) is 0.200. The summed E-state index contributed by atoms with van der Waals surface area (Å²) in [6.45, 7) is 1.27. The molecule has 0 aliphatic rings. The molecule has 0 aromatic heterocycles. The fourth-order valence-corrected chi connectivity index (χ4v) is 3.30. The van der Waals surface area contributed by atoms with Gasteiger partial charge in [-0.3, -0.25) is 4.79 Å². The predicted molar refractivity (Wildman–Crippen MR) is 104 cm³/mol. The predicted octanol–water partition coefficient (Wildman–Crippen LogP) is 1.38. The maximum atomic E-state index is 12.5. The molecule has 8 heteroatoms. The molecule has 0 unspecified atom stereocenters. The molecule has 7 nitrogen and oxygen atoms in total. The van der Waals surface area contributed by atoms with Crippen LogP contribution in [-0.4, -0.2) is 33.4 Å². The van der Waals surface area contributed by atoms with Crippen molar-refractivity contribution >= 4 is 21.9 Å². The smallest absolute Gasteiger partial charge is 0.338 e. The topological polar surface area (TPSA) is 102 Å². The van der Waals surface area contributed by atoms with Gasteiger partial charge in [-0.15, -0.1) is 6.42 Å². The first-order chi connectivity index (χ1) is 13.3. The standard InChI is InChI=1S/C20H20N2O5S/c1-3-11-21-19(23)14-27-20(24)18-12-17(10-9-15(18)2)28(25,26)22-13-16-7-5-4-6-8-16/h1,4-10,12,22H,11,13-14H2,2H3,(H,21,23). The van der Waals surface area contributed by atoms with Crippen LogP contribution in [-0.2, 0) is 26.1 Å². The molecule has 0 aliphatic heterocycles. The van der Waals surface area contributed by atoms with Crippen molar-refractivity contribution in [1.29, 1.82) is 0 Å². The molecule has 2 aromatic carbocycles. The lowest BCUT2D eigenvalue weighted by atomic mass is 10.1. The van der Waals surface area contributed by atoms with E-state index >= 15 is 0 Å². The van der Waals surface area contributed by atoms with Crippen LogP contribution >= 0.6 is 0 Å². The van der Waals surface area contributed by atoms with Gasteiger partial charge in [-0.25, -0.2) is 17.9 Å². The number of esters is 1. The van der Waals surface area contributed by atoms with Gasteiger partial charge in [0.25, 0.3) is 5.91 Å². The van der Waals surface area contributed by atoms with Gasteiger partial charge in [0.2, 0.25) is 10.0 Å². The Bertz CT molecular complexity index is 995. The second kappa shape index (κ2) is 9.69. The molecule has 0 saturated heterocycles. The van der Waals surface area contributed by atoms with Crippen LogP contribution in [0.15, 0.2) is 53.4 Å². The Balaban J connectivity index is 2.09. The van der Waals surface area contributed by atoms with Crippen molar-refractivity contribution in [2.45, 2.75) is 18.4 Å². The summed E-state index contributed by atoms with van der Waals surface area (Å²) in [6.07, 6.45) is 5.03. The monoisotopic (exact) mass is 400 g/mol. The molecule has 2 N–H and O–H groups in total. The highest BCUT2D eigenvalue weighted by molar-refractivity contribution is 7.89. The molecule has 0 heterocycles. The van der Waals surface area contributed by atoms with Gasteiger partial charge in [-0.05, 0) is 30.2 Å². The van der Waals surface area contributed by atoms with Crippen molar-refractivity contribution in [3.63, 3.8) is 0 Å². The summed E-state index contributed by atoms with van der Waals surface area (Å²) in [5.41, 5.74) is 1.39. The fourth-order valence-electron chi connectivity index (χ4n) is 2.26. The highest BCUT2D eigenvalue weighted by Gasteiger charge is 2.19. The first-order valence-corrected chi connectivity index (χ1v) is 9.83. The number of carbonyl (C=O) groups is 2. The highest BCUT2D eigenvalue weighted by Crippen LogP contribution is 2.17. The van der Waals surface area contributed by atoms with Gasteiger partial charge in [-0.1, -0.05) is 42.3 Å². The van der Waals surface area contributed by atoms with E-state index in [9.17, 15) is 18.0 Å². The van der Waals surface area contributed by atoms with Crippen LogP contribution < -0.4 is 10.0 Å². The number of sulfonamides is 1. The summed E-state index contributed by atoms with van der Waals surface area (Å²) in [4.78, 5) is 23.7. The SMILES string of the molecule is C#CCNC(=O)COC(=O)c1cc(S(=O)(=O)NCc2ccccc2)ccc1C. The van der Waals surface area contributed by atoms with Crippen molar-refractivity contribution in [3.05, 3.63) is 65.2 Å². The summed E-state index contributed by atoms with van der Waals surface area (Å²) >= 11 is 0. The zero-order valence-corrected chi connectivity index (χ0v) is 16.1. The van der Waals surface area contributed by atoms with E-state index in [4.69, 9.17) is 11.2 Å². The average Bonchev–Trinajstić information content (AvgIpc) is 2.70. The number of carbonyl (C=O) groups excluding carboxylic acids is 2. The van der Waals surface area contributed by atoms with E-state index in [2.05, 4.69) is 16.0 Å². The molecular formula is C20H20N2O5S. The van der Waals surface area contributed by atoms with Crippen LogP contribution in [0.1, 0.15) is 21.5 Å². The van der Waals surface area contributed by atoms with Crippen molar-refractivity contribution in [3.8, 4) is 12.3 Å². The number of benzene rings is 2. The Hall–Kier alpha value is -3.15.